The van der Waals surface area contributed by atoms with Gasteiger partial charge in [-0.1, -0.05) is 12.1 Å². The molecule has 26 heavy (non-hydrogen) atoms. The number of anilines is 1. The summed E-state index contributed by atoms with van der Waals surface area (Å²) in [5.41, 5.74) is 0.173. The number of alkyl halides is 3. The van der Waals surface area contributed by atoms with Crippen LogP contribution in [0.25, 0.3) is 11.3 Å². The lowest BCUT2D eigenvalue weighted by atomic mass is 10.1. The second-order valence-corrected chi connectivity index (χ2v) is 5.19. The van der Waals surface area contributed by atoms with Crippen molar-refractivity contribution in [3.05, 3.63) is 71.8 Å². The third kappa shape index (κ3) is 3.71. The summed E-state index contributed by atoms with van der Waals surface area (Å²) in [4.78, 5) is 15.4. The summed E-state index contributed by atoms with van der Waals surface area (Å²) in [7, 11) is 0. The molecular formula is C17H9F5N2O2. The van der Waals surface area contributed by atoms with Gasteiger partial charge in [-0.15, -0.1) is 0 Å². The quantitative estimate of drug-likeness (QED) is 0.670. The average Bonchev–Trinajstić information content (AvgIpc) is 3.08. The molecule has 0 aliphatic heterocycles. The minimum absolute atomic E-state index is 0.0473. The molecule has 0 saturated carbocycles. The van der Waals surface area contributed by atoms with Gasteiger partial charge in [0.2, 0.25) is 0 Å². The van der Waals surface area contributed by atoms with Crippen LogP contribution in [0.4, 0.5) is 27.6 Å². The zero-order chi connectivity index (χ0) is 18.9. The Kier molecular flexibility index (Phi) is 4.45. The monoisotopic (exact) mass is 368 g/mol. The first kappa shape index (κ1) is 17.6. The van der Waals surface area contributed by atoms with E-state index in [1.54, 1.807) is 0 Å². The normalized spacial score (nSPS) is 11.4. The van der Waals surface area contributed by atoms with Crippen LogP contribution in [0.2, 0.25) is 0 Å². The maximum absolute atomic E-state index is 13.5. The summed E-state index contributed by atoms with van der Waals surface area (Å²) < 4.78 is 68.2. The van der Waals surface area contributed by atoms with Crippen LogP contribution in [0.15, 0.2) is 53.1 Å². The van der Waals surface area contributed by atoms with Gasteiger partial charge in [0.05, 0.1) is 5.69 Å². The summed E-state index contributed by atoms with van der Waals surface area (Å²) in [6, 6.07) is 8.08. The number of hydrogen-bond donors (Lipinski definition) is 1. The van der Waals surface area contributed by atoms with E-state index in [-0.39, 0.29) is 16.9 Å². The molecule has 0 aliphatic rings. The highest BCUT2D eigenvalue weighted by Gasteiger charge is 2.37. The molecular weight excluding hydrogens is 359 g/mol. The molecule has 134 valence electrons. The van der Waals surface area contributed by atoms with Crippen LogP contribution in [0.3, 0.4) is 0 Å². The first-order valence-electron chi connectivity index (χ1n) is 7.13. The van der Waals surface area contributed by atoms with E-state index in [0.29, 0.717) is 11.6 Å². The van der Waals surface area contributed by atoms with Crippen molar-refractivity contribution in [2.24, 2.45) is 0 Å². The zero-order valence-electron chi connectivity index (χ0n) is 12.8. The van der Waals surface area contributed by atoms with Crippen molar-refractivity contribution in [3.63, 3.8) is 0 Å². The molecule has 0 radical (unpaired) electrons. The number of nitrogens with zero attached hydrogens (tertiary/aromatic N) is 1. The lowest BCUT2D eigenvalue weighted by Crippen LogP contribution is -2.13. The largest absolute Gasteiger partial charge is 0.468 e. The van der Waals surface area contributed by atoms with E-state index in [9.17, 15) is 26.7 Å². The Labute approximate surface area is 143 Å². The summed E-state index contributed by atoms with van der Waals surface area (Å²) >= 11 is 0. The van der Waals surface area contributed by atoms with Crippen LogP contribution in [0.1, 0.15) is 16.2 Å². The van der Waals surface area contributed by atoms with Crippen molar-refractivity contribution in [1.82, 2.24) is 4.98 Å². The van der Waals surface area contributed by atoms with Crippen LogP contribution in [0.5, 0.6) is 0 Å². The Balaban J connectivity index is 1.76. The molecule has 0 fully saturated rings. The van der Waals surface area contributed by atoms with Crippen molar-refractivity contribution in [2.75, 3.05) is 5.32 Å². The topological polar surface area (TPSA) is 55.1 Å². The Hall–Kier alpha value is -3.23. The van der Waals surface area contributed by atoms with Crippen molar-refractivity contribution < 1.29 is 31.2 Å². The molecule has 1 heterocycles. The Morgan fingerprint density at radius 3 is 2.31 bits per heavy atom. The van der Waals surface area contributed by atoms with Gasteiger partial charge in [0, 0.05) is 17.2 Å². The molecule has 3 rings (SSSR count). The Morgan fingerprint density at radius 1 is 1.04 bits per heavy atom. The maximum atomic E-state index is 13.5. The van der Waals surface area contributed by atoms with Gasteiger partial charge < -0.3 is 9.73 Å². The molecule has 0 bridgehead atoms. The molecule has 1 aromatic heterocycles. The lowest BCUT2D eigenvalue weighted by Gasteiger charge is -2.07. The first-order valence-corrected chi connectivity index (χ1v) is 7.13. The predicted octanol–water partition coefficient (Wildman–Crippen LogP) is 4.89. The molecule has 0 unspecified atom stereocenters. The third-order valence-electron chi connectivity index (χ3n) is 3.37. The molecule has 2 aromatic carbocycles. The molecule has 0 atom stereocenters. The second kappa shape index (κ2) is 6.58. The number of carbonyl (C=O) groups excluding carboxylic acids is 1. The summed E-state index contributed by atoms with van der Waals surface area (Å²) in [6.45, 7) is 0. The van der Waals surface area contributed by atoms with Gasteiger partial charge in [-0.05, 0) is 24.3 Å². The van der Waals surface area contributed by atoms with Crippen LogP contribution in [-0.2, 0) is 6.18 Å². The molecule has 1 amide bonds. The lowest BCUT2D eigenvalue weighted by molar-refractivity contribution is -0.157. The SMILES string of the molecule is O=C(Nc1ccc(F)cc1F)c1ccc(-c2coc(C(F)(F)F)n2)cc1. The van der Waals surface area contributed by atoms with E-state index in [0.717, 1.165) is 18.4 Å². The van der Waals surface area contributed by atoms with Crippen molar-refractivity contribution in [2.45, 2.75) is 6.18 Å². The fourth-order valence-corrected chi connectivity index (χ4v) is 2.11. The summed E-state index contributed by atoms with van der Waals surface area (Å²) in [5.74, 6) is -3.76. The van der Waals surface area contributed by atoms with Gasteiger partial charge in [0.1, 0.15) is 23.6 Å². The standard InChI is InChI=1S/C17H9F5N2O2/c18-11-5-6-13(12(19)7-11)23-15(25)10-3-1-9(2-4-10)14-8-26-16(24-14)17(20,21)22/h1-8H,(H,23,25). The van der Waals surface area contributed by atoms with E-state index in [1.165, 1.54) is 24.3 Å². The number of aromatic nitrogens is 1. The first-order chi connectivity index (χ1) is 12.2. The van der Waals surface area contributed by atoms with Gasteiger partial charge in [-0.2, -0.15) is 13.2 Å². The molecule has 1 N–H and O–H groups in total. The number of benzene rings is 2. The molecule has 0 saturated heterocycles. The van der Waals surface area contributed by atoms with Crippen LogP contribution >= 0.6 is 0 Å². The summed E-state index contributed by atoms with van der Waals surface area (Å²) in [5, 5.41) is 2.27. The predicted molar refractivity (Wildman–Crippen MR) is 81.3 cm³/mol. The highest BCUT2D eigenvalue weighted by molar-refractivity contribution is 6.04. The van der Waals surface area contributed by atoms with Gasteiger partial charge in [0.15, 0.2) is 0 Å². The number of hydrogen-bond acceptors (Lipinski definition) is 3. The van der Waals surface area contributed by atoms with E-state index in [1.807, 2.05) is 0 Å². The number of carbonyl (C=O) groups is 1. The van der Waals surface area contributed by atoms with Gasteiger partial charge in [-0.25, -0.2) is 13.8 Å². The van der Waals surface area contributed by atoms with Crippen molar-refractivity contribution >= 4 is 11.6 Å². The maximum Gasteiger partial charge on any atom is 0.468 e. The Morgan fingerprint density at radius 2 is 1.73 bits per heavy atom. The van der Waals surface area contributed by atoms with Crippen LogP contribution in [0, 0.1) is 11.6 Å². The van der Waals surface area contributed by atoms with Gasteiger partial charge in [0.25, 0.3) is 5.91 Å². The molecule has 0 spiro atoms. The number of oxazole rings is 1. The van der Waals surface area contributed by atoms with Crippen LogP contribution < -0.4 is 5.32 Å². The number of rotatable bonds is 3. The number of halogens is 5. The van der Waals surface area contributed by atoms with Crippen LogP contribution in [-0.4, -0.2) is 10.9 Å². The van der Waals surface area contributed by atoms with E-state index in [2.05, 4.69) is 14.7 Å². The fourth-order valence-electron chi connectivity index (χ4n) is 2.11. The number of nitrogens with one attached hydrogen (secondary N) is 1. The van der Waals surface area contributed by atoms with Gasteiger partial charge in [-0.3, -0.25) is 4.79 Å². The van der Waals surface area contributed by atoms with Gasteiger partial charge >= 0.3 is 12.1 Å². The minimum atomic E-state index is -4.70. The smallest absolute Gasteiger partial charge is 0.441 e. The highest BCUT2D eigenvalue weighted by Crippen LogP contribution is 2.30. The molecule has 3 aromatic rings. The van der Waals surface area contributed by atoms with E-state index in [4.69, 9.17) is 0 Å². The molecule has 4 nitrogen and oxygen atoms in total. The van der Waals surface area contributed by atoms with Crippen molar-refractivity contribution in [3.8, 4) is 11.3 Å². The van der Waals surface area contributed by atoms with Crippen molar-refractivity contribution in [1.29, 1.82) is 0 Å². The third-order valence-corrected chi connectivity index (χ3v) is 3.37. The fraction of sp³-hybridized carbons (Fsp3) is 0.0588. The average molecular weight is 368 g/mol. The Bertz CT molecular complexity index is 949. The summed E-state index contributed by atoms with van der Waals surface area (Å²) in [6.07, 6.45) is -3.84. The molecule has 9 heteroatoms. The zero-order valence-corrected chi connectivity index (χ0v) is 12.8. The second-order valence-electron chi connectivity index (χ2n) is 5.19. The molecule has 0 aliphatic carbocycles. The van der Waals surface area contributed by atoms with E-state index < -0.39 is 29.6 Å². The van der Waals surface area contributed by atoms with E-state index >= 15 is 0 Å². The minimum Gasteiger partial charge on any atom is -0.441 e. The highest BCUT2D eigenvalue weighted by atomic mass is 19.4. The number of amides is 1.